The van der Waals surface area contributed by atoms with Crippen molar-refractivity contribution in [3.63, 3.8) is 0 Å². The van der Waals surface area contributed by atoms with E-state index in [9.17, 15) is 9.59 Å². The number of carboxylic acids is 1. The van der Waals surface area contributed by atoms with Crippen LogP contribution in [0, 0.1) is 0 Å². The van der Waals surface area contributed by atoms with Crippen LogP contribution in [0.1, 0.15) is 19.8 Å². The first kappa shape index (κ1) is 9.43. The third-order valence-corrected chi connectivity index (χ3v) is 1.23. The average molecular weight is 165 g/mol. The zero-order valence-corrected chi connectivity index (χ0v) is 6.39. The van der Waals surface area contributed by atoms with Crippen molar-refractivity contribution in [3.8, 4) is 0 Å². The van der Waals surface area contributed by atoms with E-state index in [1.807, 2.05) is 0 Å². The maximum Gasteiger partial charge on any atom is 0.372 e. The van der Waals surface area contributed by atoms with Crippen LogP contribution in [0.2, 0.25) is 0 Å². The molecule has 0 saturated heterocycles. The van der Waals surface area contributed by atoms with E-state index in [1.165, 1.54) is 0 Å². The molecule has 0 aromatic rings. The largest absolute Gasteiger partial charge is 0.476 e. The van der Waals surface area contributed by atoms with Gasteiger partial charge in [-0.15, -0.1) is 11.6 Å². The molecule has 58 valence electrons. The topological polar surface area (TPSA) is 54.4 Å². The van der Waals surface area contributed by atoms with Gasteiger partial charge in [-0.3, -0.25) is 4.79 Å². The van der Waals surface area contributed by atoms with Gasteiger partial charge < -0.3 is 5.11 Å². The van der Waals surface area contributed by atoms with Crippen molar-refractivity contribution in [2.24, 2.45) is 0 Å². The highest BCUT2D eigenvalue weighted by Crippen LogP contribution is 2.03. The third-order valence-electron chi connectivity index (χ3n) is 1.01. The Morgan fingerprint density at radius 1 is 1.60 bits per heavy atom. The summed E-state index contributed by atoms with van der Waals surface area (Å²) in [7, 11) is 0. The number of aliphatic carboxylic acids is 1. The molecule has 0 spiro atoms. The summed E-state index contributed by atoms with van der Waals surface area (Å²) in [5.41, 5.74) is 0. The number of hydrogen-bond acceptors (Lipinski definition) is 2. The lowest BCUT2D eigenvalue weighted by atomic mass is 10.2. The fourth-order valence-electron chi connectivity index (χ4n) is 0.437. The van der Waals surface area contributed by atoms with E-state index in [-0.39, 0.29) is 11.8 Å². The van der Waals surface area contributed by atoms with Gasteiger partial charge in [-0.25, -0.2) is 4.79 Å². The molecule has 0 aromatic heterocycles. The van der Waals surface area contributed by atoms with Crippen LogP contribution in [0.15, 0.2) is 0 Å². The molecule has 1 N–H and O–H groups in total. The van der Waals surface area contributed by atoms with Crippen molar-refractivity contribution in [3.05, 3.63) is 0 Å². The third kappa shape index (κ3) is 4.32. The smallest absolute Gasteiger partial charge is 0.372 e. The lowest BCUT2D eigenvalue weighted by molar-refractivity contribution is -0.149. The first-order chi connectivity index (χ1) is 4.54. The Kier molecular flexibility index (Phi) is 4.03. The molecule has 0 amide bonds. The molecular formula is C6H9ClO3. The van der Waals surface area contributed by atoms with Crippen molar-refractivity contribution in [2.75, 3.05) is 0 Å². The number of carbonyl (C=O) groups is 2. The van der Waals surface area contributed by atoms with Gasteiger partial charge in [0.2, 0.25) is 5.78 Å². The van der Waals surface area contributed by atoms with Gasteiger partial charge in [0.25, 0.3) is 0 Å². The normalized spacial score (nSPS) is 12.6. The van der Waals surface area contributed by atoms with E-state index >= 15 is 0 Å². The van der Waals surface area contributed by atoms with Crippen molar-refractivity contribution in [1.29, 1.82) is 0 Å². The van der Waals surface area contributed by atoms with Gasteiger partial charge in [0.1, 0.15) is 0 Å². The van der Waals surface area contributed by atoms with Gasteiger partial charge in [-0.05, 0) is 13.3 Å². The highest BCUT2D eigenvalue weighted by Gasteiger charge is 2.11. The van der Waals surface area contributed by atoms with E-state index in [2.05, 4.69) is 0 Å². The molecule has 0 aliphatic carbocycles. The van der Waals surface area contributed by atoms with Crippen molar-refractivity contribution >= 4 is 23.4 Å². The predicted octanol–water partition coefficient (Wildman–Crippen LogP) is 1.05. The Morgan fingerprint density at radius 3 is 2.40 bits per heavy atom. The van der Waals surface area contributed by atoms with Crippen LogP contribution < -0.4 is 0 Å². The van der Waals surface area contributed by atoms with Crippen LogP contribution >= 0.6 is 11.6 Å². The second kappa shape index (κ2) is 4.28. The molecule has 0 radical (unpaired) electrons. The molecule has 10 heavy (non-hydrogen) atoms. The van der Waals surface area contributed by atoms with E-state index in [1.54, 1.807) is 6.92 Å². The molecule has 1 atom stereocenters. The Hall–Kier alpha value is -0.570. The lowest BCUT2D eigenvalue weighted by Gasteiger charge is -1.97. The molecule has 0 fully saturated rings. The number of ketones is 1. The van der Waals surface area contributed by atoms with Crippen LogP contribution in [0.3, 0.4) is 0 Å². The number of carboxylic acid groups (broad SMARTS) is 1. The van der Waals surface area contributed by atoms with Crippen LogP contribution in [-0.4, -0.2) is 22.2 Å². The van der Waals surface area contributed by atoms with Crippen molar-refractivity contribution < 1.29 is 14.7 Å². The van der Waals surface area contributed by atoms with Crippen LogP contribution in [0.4, 0.5) is 0 Å². The second-order valence-corrected chi connectivity index (χ2v) is 2.79. The van der Waals surface area contributed by atoms with Gasteiger partial charge in [-0.2, -0.15) is 0 Å². The number of carbonyl (C=O) groups excluding carboxylic acids is 1. The molecule has 4 heteroatoms. The summed E-state index contributed by atoms with van der Waals surface area (Å²) in [5.74, 6) is -2.15. The molecule has 0 bridgehead atoms. The summed E-state index contributed by atoms with van der Waals surface area (Å²) < 4.78 is 0. The maximum absolute atomic E-state index is 10.4. The first-order valence-electron chi connectivity index (χ1n) is 2.94. The highest BCUT2D eigenvalue weighted by molar-refractivity contribution is 6.32. The summed E-state index contributed by atoms with van der Waals surface area (Å²) in [6, 6.07) is 0. The Morgan fingerprint density at radius 2 is 2.10 bits per heavy atom. The highest BCUT2D eigenvalue weighted by atomic mass is 35.5. The van der Waals surface area contributed by atoms with Crippen molar-refractivity contribution in [1.82, 2.24) is 0 Å². The Balaban J connectivity index is 3.50. The number of Topliss-reactive ketones (excluding diaryl/α,β-unsaturated/α-hetero) is 1. The molecule has 0 saturated carbocycles. The van der Waals surface area contributed by atoms with E-state index in [4.69, 9.17) is 16.7 Å². The lowest BCUT2D eigenvalue weighted by Crippen LogP contribution is -2.13. The van der Waals surface area contributed by atoms with Gasteiger partial charge in [0, 0.05) is 11.8 Å². The molecule has 0 aromatic carbocycles. The zero-order chi connectivity index (χ0) is 8.15. The van der Waals surface area contributed by atoms with Crippen LogP contribution in [0.5, 0.6) is 0 Å². The minimum Gasteiger partial charge on any atom is -0.476 e. The maximum atomic E-state index is 10.4. The Labute approximate surface area is 64.0 Å². The molecule has 3 nitrogen and oxygen atoms in total. The molecule has 0 rings (SSSR count). The number of alkyl halides is 1. The van der Waals surface area contributed by atoms with Crippen LogP contribution in [-0.2, 0) is 9.59 Å². The molecule has 0 heterocycles. The van der Waals surface area contributed by atoms with Gasteiger partial charge in [-0.1, -0.05) is 0 Å². The summed E-state index contributed by atoms with van der Waals surface area (Å²) in [4.78, 5) is 20.3. The summed E-state index contributed by atoms with van der Waals surface area (Å²) >= 11 is 5.48. The molecule has 0 aliphatic rings. The molecular weight excluding hydrogens is 156 g/mol. The molecule has 0 aliphatic heterocycles. The number of halogens is 1. The van der Waals surface area contributed by atoms with E-state index in [0.717, 1.165) is 0 Å². The van der Waals surface area contributed by atoms with Gasteiger partial charge in [0.15, 0.2) is 0 Å². The zero-order valence-electron chi connectivity index (χ0n) is 5.63. The summed E-state index contributed by atoms with van der Waals surface area (Å²) in [6.07, 6.45) is 0.451. The van der Waals surface area contributed by atoms with Gasteiger partial charge >= 0.3 is 5.97 Å². The average Bonchev–Trinajstić information content (AvgIpc) is 1.82. The number of rotatable bonds is 4. The second-order valence-electron chi connectivity index (χ2n) is 2.05. The quantitative estimate of drug-likeness (QED) is 0.499. The monoisotopic (exact) mass is 164 g/mol. The SMILES string of the molecule is CC(Cl)CCC(=O)C(=O)O. The molecule has 1 unspecified atom stereocenters. The minimum absolute atomic E-state index is 0.0278. The van der Waals surface area contributed by atoms with E-state index in [0.29, 0.717) is 6.42 Å². The van der Waals surface area contributed by atoms with Crippen LogP contribution in [0.25, 0.3) is 0 Å². The number of hydrogen-bond donors (Lipinski definition) is 1. The van der Waals surface area contributed by atoms with Gasteiger partial charge in [0.05, 0.1) is 0 Å². The first-order valence-corrected chi connectivity index (χ1v) is 3.38. The summed E-state index contributed by atoms with van der Waals surface area (Å²) in [6.45, 7) is 1.72. The van der Waals surface area contributed by atoms with E-state index < -0.39 is 11.8 Å². The fraction of sp³-hybridized carbons (Fsp3) is 0.667. The predicted molar refractivity (Wildman–Crippen MR) is 37.2 cm³/mol. The standard InChI is InChI=1S/C6H9ClO3/c1-4(7)2-3-5(8)6(9)10/h4H,2-3H2,1H3,(H,9,10). The fourth-order valence-corrected chi connectivity index (χ4v) is 0.546. The van der Waals surface area contributed by atoms with Crippen molar-refractivity contribution in [2.45, 2.75) is 25.1 Å². The summed E-state index contributed by atoms with van der Waals surface area (Å²) in [5, 5.41) is 7.97. The minimum atomic E-state index is -1.38. The Bertz CT molecular complexity index is 142.